The van der Waals surface area contributed by atoms with Gasteiger partial charge in [-0.15, -0.1) is 0 Å². The number of anilines is 1. The second kappa shape index (κ2) is 7.89. The van der Waals surface area contributed by atoms with Crippen LogP contribution in [0.25, 0.3) is 0 Å². The smallest absolute Gasteiger partial charge is 0.255 e. The van der Waals surface area contributed by atoms with E-state index in [0.29, 0.717) is 26.4 Å². The third-order valence-corrected chi connectivity index (χ3v) is 5.74. The molecular weight excluding hydrogens is 401 g/mol. The van der Waals surface area contributed by atoms with Crippen LogP contribution in [0.15, 0.2) is 59.8 Å². The summed E-state index contributed by atoms with van der Waals surface area (Å²) in [6.07, 6.45) is 0. The maximum absolute atomic E-state index is 13.2. The van der Waals surface area contributed by atoms with Gasteiger partial charge in [0.1, 0.15) is 0 Å². The molecule has 3 rings (SSSR count). The van der Waals surface area contributed by atoms with Crippen LogP contribution in [0.5, 0.6) is 0 Å². The van der Waals surface area contributed by atoms with Gasteiger partial charge in [-0.1, -0.05) is 35.3 Å². The van der Waals surface area contributed by atoms with Gasteiger partial charge in [-0.3, -0.25) is 4.79 Å². The van der Waals surface area contributed by atoms with E-state index in [9.17, 15) is 4.79 Å². The average Bonchev–Trinajstić information content (AvgIpc) is 2.65. The number of carbonyl (C=O) groups excluding carboxylic acids is 1. The third kappa shape index (κ3) is 3.95. The van der Waals surface area contributed by atoms with Crippen molar-refractivity contribution in [2.45, 2.75) is 13.0 Å². The molecule has 1 N–H and O–H groups in total. The first kappa shape index (κ1) is 19.7. The number of rotatable bonds is 3. The molecule has 0 unspecified atom stereocenters. The number of amides is 1. The van der Waals surface area contributed by atoms with Crippen molar-refractivity contribution in [1.29, 1.82) is 0 Å². The number of halogens is 2. The summed E-state index contributed by atoms with van der Waals surface area (Å²) < 4.78 is 0. The minimum Gasteiger partial charge on any atom is -0.340 e. The van der Waals surface area contributed by atoms with E-state index in [1.54, 1.807) is 24.3 Å². The fourth-order valence-corrected chi connectivity index (χ4v) is 3.61. The summed E-state index contributed by atoms with van der Waals surface area (Å²) in [5.41, 5.74) is 3.06. The first-order valence-electron chi connectivity index (χ1n) is 8.33. The Bertz CT molecular complexity index is 910. The summed E-state index contributed by atoms with van der Waals surface area (Å²) in [4.78, 5) is 17.0. The van der Waals surface area contributed by atoms with Gasteiger partial charge in [-0.25, -0.2) is 0 Å². The molecule has 2 aromatic rings. The maximum atomic E-state index is 13.2. The van der Waals surface area contributed by atoms with Crippen LogP contribution in [0.4, 0.5) is 5.69 Å². The number of carbonyl (C=O) groups is 1. The van der Waals surface area contributed by atoms with Crippen LogP contribution < -0.4 is 5.32 Å². The Kier molecular flexibility index (Phi) is 5.75. The van der Waals surface area contributed by atoms with E-state index < -0.39 is 0 Å². The Morgan fingerprint density at radius 1 is 1.00 bits per heavy atom. The Labute approximate surface area is 174 Å². The van der Waals surface area contributed by atoms with Crippen LogP contribution in [0.2, 0.25) is 10.0 Å². The van der Waals surface area contributed by atoms with E-state index in [-0.39, 0.29) is 11.9 Å². The number of thiocarbonyl (C=S) groups is 1. The lowest BCUT2D eigenvalue weighted by molar-refractivity contribution is -0.113. The second-order valence-electron chi connectivity index (χ2n) is 6.37. The van der Waals surface area contributed by atoms with Crippen LogP contribution in [-0.2, 0) is 4.79 Å². The zero-order valence-electron chi connectivity index (χ0n) is 15.2. The molecule has 140 valence electrons. The molecule has 0 spiro atoms. The summed E-state index contributed by atoms with van der Waals surface area (Å²) in [6, 6.07) is 14.2. The SMILES string of the molecule is CC1=C(C(=O)Nc2ccc(Cl)cc2)[C@H](c2ccc(Cl)cc2)N(C)C(=S)N1C. The molecule has 1 aliphatic heterocycles. The normalized spacial score (nSPS) is 17.4. The van der Waals surface area contributed by atoms with E-state index in [1.807, 2.05) is 55.1 Å². The van der Waals surface area contributed by atoms with Gasteiger partial charge < -0.3 is 15.1 Å². The molecule has 0 fully saturated rings. The largest absolute Gasteiger partial charge is 0.340 e. The molecule has 1 atom stereocenters. The Morgan fingerprint density at radius 3 is 2.07 bits per heavy atom. The summed E-state index contributed by atoms with van der Waals surface area (Å²) in [7, 11) is 3.75. The number of nitrogens with one attached hydrogen (secondary N) is 1. The number of hydrogen-bond donors (Lipinski definition) is 1. The van der Waals surface area contributed by atoms with Crippen molar-refractivity contribution in [2.24, 2.45) is 0 Å². The minimum absolute atomic E-state index is 0.184. The molecule has 0 bridgehead atoms. The maximum Gasteiger partial charge on any atom is 0.255 e. The van der Waals surface area contributed by atoms with Crippen molar-refractivity contribution in [1.82, 2.24) is 9.80 Å². The first-order valence-corrected chi connectivity index (χ1v) is 9.49. The molecule has 4 nitrogen and oxygen atoms in total. The highest BCUT2D eigenvalue weighted by atomic mass is 35.5. The van der Waals surface area contributed by atoms with Gasteiger partial charge in [0, 0.05) is 35.5 Å². The fraction of sp³-hybridized carbons (Fsp3) is 0.200. The van der Waals surface area contributed by atoms with Crippen molar-refractivity contribution in [3.63, 3.8) is 0 Å². The van der Waals surface area contributed by atoms with E-state index in [4.69, 9.17) is 35.4 Å². The predicted octanol–water partition coefficient (Wildman–Crippen LogP) is 5.11. The number of likely N-dealkylation sites (N-methyl/N-ethyl adjacent to an activating group) is 1. The topological polar surface area (TPSA) is 35.6 Å². The van der Waals surface area contributed by atoms with Crippen LogP contribution in [0.3, 0.4) is 0 Å². The molecule has 0 aliphatic carbocycles. The molecular formula is C20H19Cl2N3OS. The minimum atomic E-state index is -0.307. The zero-order chi connectivity index (χ0) is 19.7. The van der Waals surface area contributed by atoms with Crippen molar-refractivity contribution >= 4 is 52.1 Å². The van der Waals surface area contributed by atoms with Crippen LogP contribution in [0, 0.1) is 0 Å². The standard InChI is InChI=1S/C20H19Cl2N3OS/c1-12-17(19(26)23-16-10-8-15(22)9-11-16)18(25(3)20(27)24(12)2)13-4-6-14(21)7-5-13/h4-11,18H,1-3H3,(H,23,26)/t18-/m0/s1. The Hall–Kier alpha value is -2.08. The van der Waals surface area contributed by atoms with Crippen LogP contribution in [0.1, 0.15) is 18.5 Å². The third-order valence-electron chi connectivity index (χ3n) is 4.67. The van der Waals surface area contributed by atoms with Crippen LogP contribution >= 0.6 is 35.4 Å². The molecule has 27 heavy (non-hydrogen) atoms. The highest BCUT2D eigenvalue weighted by Gasteiger charge is 2.36. The monoisotopic (exact) mass is 419 g/mol. The number of nitrogens with zero attached hydrogens (tertiary/aromatic N) is 2. The lowest BCUT2D eigenvalue weighted by atomic mass is 9.93. The lowest BCUT2D eigenvalue weighted by Crippen LogP contribution is -2.47. The molecule has 1 amide bonds. The molecule has 0 aromatic heterocycles. The van der Waals surface area contributed by atoms with E-state index in [2.05, 4.69) is 5.32 Å². The molecule has 0 radical (unpaired) electrons. The quantitative estimate of drug-likeness (QED) is 0.701. The molecule has 1 aliphatic rings. The van der Waals surface area contributed by atoms with Gasteiger partial charge in [-0.05, 0) is 61.1 Å². The summed E-state index contributed by atoms with van der Waals surface area (Å²) in [6.45, 7) is 1.90. The molecule has 2 aromatic carbocycles. The highest BCUT2D eigenvalue weighted by Crippen LogP contribution is 2.36. The first-order chi connectivity index (χ1) is 12.8. The van der Waals surface area contributed by atoms with Gasteiger partial charge in [0.05, 0.1) is 11.6 Å². The van der Waals surface area contributed by atoms with Gasteiger partial charge in [-0.2, -0.15) is 0 Å². The zero-order valence-corrected chi connectivity index (χ0v) is 17.5. The van der Waals surface area contributed by atoms with Crippen molar-refractivity contribution < 1.29 is 4.79 Å². The Morgan fingerprint density at radius 2 is 1.52 bits per heavy atom. The fourth-order valence-electron chi connectivity index (χ4n) is 3.12. The highest BCUT2D eigenvalue weighted by molar-refractivity contribution is 7.80. The number of benzene rings is 2. The molecule has 7 heteroatoms. The van der Waals surface area contributed by atoms with Gasteiger partial charge >= 0.3 is 0 Å². The van der Waals surface area contributed by atoms with Gasteiger partial charge in [0.2, 0.25) is 0 Å². The van der Waals surface area contributed by atoms with Crippen molar-refractivity contribution in [3.8, 4) is 0 Å². The predicted molar refractivity (Wildman–Crippen MR) is 115 cm³/mol. The number of hydrogen-bond acceptors (Lipinski definition) is 2. The van der Waals surface area contributed by atoms with Crippen LogP contribution in [-0.4, -0.2) is 34.9 Å². The molecule has 0 saturated carbocycles. The second-order valence-corrected chi connectivity index (χ2v) is 7.60. The van der Waals surface area contributed by atoms with E-state index in [0.717, 1.165) is 11.3 Å². The van der Waals surface area contributed by atoms with Crippen molar-refractivity contribution in [3.05, 3.63) is 75.4 Å². The van der Waals surface area contributed by atoms with Gasteiger partial charge in [0.25, 0.3) is 5.91 Å². The molecule has 0 saturated heterocycles. The Balaban J connectivity index is 2.03. The number of allylic oxidation sites excluding steroid dienone is 1. The average molecular weight is 420 g/mol. The lowest BCUT2D eigenvalue weighted by Gasteiger charge is -2.42. The summed E-state index contributed by atoms with van der Waals surface area (Å²) in [5, 5.41) is 4.87. The van der Waals surface area contributed by atoms with E-state index >= 15 is 0 Å². The van der Waals surface area contributed by atoms with E-state index in [1.165, 1.54) is 0 Å². The summed E-state index contributed by atoms with van der Waals surface area (Å²) in [5.74, 6) is -0.184. The van der Waals surface area contributed by atoms with Gasteiger partial charge in [0.15, 0.2) is 5.11 Å². The molecule has 1 heterocycles. The van der Waals surface area contributed by atoms with Crippen molar-refractivity contribution in [2.75, 3.05) is 19.4 Å². The summed E-state index contributed by atoms with van der Waals surface area (Å²) >= 11 is 17.5.